The molecular weight excluding hydrogens is 384 g/mol. The first-order valence-electron chi connectivity index (χ1n) is 7.09. The maximum atomic E-state index is 13.5. The standard InChI is InChI=1S/C15H13F6N3OS/c1-8-5-3-4-6-10(8)11(25)23-13(14(16,17)18,15(19,20)21)24-12-22-9(2)7-26-12/h3-7H,1-2H3,(H,22,24)(H,23,25). The van der Waals surface area contributed by atoms with Gasteiger partial charge in [0, 0.05) is 10.9 Å². The first-order chi connectivity index (χ1) is 11.9. The lowest BCUT2D eigenvalue weighted by Gasteiger charge is -2.38. The van der Waals surface area contributed by atoms with E-state index in [2.05, 4.69) is 4.98 Å². The number of hydrogen-bond donors (Lipinski definition) is 2. The van der Waals surface area contributed by atoms with Gasteiger partial charge in [-0.05, 0) is 25.5 Å². The summed E-state index contributed by atoms with van der Waals surface area (Å²) in [6, 6.07) is 5.37. The van der Waals surface area contributed by atoms with Crippen LogP contribution in [0.25, 0.3) is 0 Å². The van der Waals surface area contributed by atoms with Crippen LogP contribution < -0.4 is 10.6 Å². The zero-order valence-corrected chi connectivity index (χ0v) is 14.2. The van der Waals surface area contributed by atoms with Gasteiger partial charge in [0.05, 0.1) is 5.69 Å². The van der Waals surface area contributed by atoms with Crippen molar-refractivity contribution in [2.45, 2.75) is 31.9 Å². The predicted molar refractivity (Wildman–Crippen MR) is 84.0 cm³/mol. The van der Waals surface area contributed by atoms with E-state index in [4.69, 9.17) is 0 Å². The number of benzene rings is 1. The number of carbonyl (C=O) groups excluding carboxylic acids is 1. The molecule has 0 radical (unpaired) electrons. The fourth-order valence-electron chi connectivity index (χ4n) is 2.11. The molecule has 2 N–H and O–H groups in total. The number of rotatable bonds is 4. The van der Waals surface area contributed by atoms with Crippen LogP contribution in [0.15, 0.2) is 29.6 Å². The van der Waals surface area contributed by atoms with Crippen LogP contribution in [0.5, 0.6) is 0 Å². The van der Waals surface area contributed by atoms with Gasteiger partial charge in [-0.3, -0.25) is 4.79 Å². The Labute approximate surface area is 148 Å². The largest absolute Gasteiger partial charge is 0.439 e. The minimum atomic E-state index is -5.89. The van der Waals surface area contributed by atoms with Crippen molar-refractivity contribution in [2.24, 2.45) is 0 Å². The van der Waals surface area contributed by atoms with Gasteiger partial charge in [0.25, 0.3) is 5.91 Å². The molecular formula is C15H13F6N3OS. The number of nitrogens with zero attached hydrogens (tertiary/aromatic N) is 1. The third-order valence-electron chi connectivity index (χ3n) is 3.45. The van der Waals surface area contributed by atoms with E-state index >= 15 is 0 Å². The van der Waals surface area contributed by atoms with Gasteiger partial charge < -0.3 is 10.6 Å². The Kier molecular flexibility index (Phi) is 5.22. The van der Waals surface area contributed by atoms with Gasteiger partial charge in [-0.1, -0.05) is 18.2 Å². The second kappa shape index (κ2) is 6.78. The quantitative estimate of drug-likeness (QED) is 0.593. The third kappa shape index (κ3) is 3.76. The maximum Gasteiger partial charge on any atom is 0.439 e. The summed E-state index contributed by atoms with van der Waals surface area (Å²) in [5.41, 5.74) is -4.53. The third-order valence-corrected chi connectivity index (χ3v) is 4.33. The highest BCUT2D eigenvalue weighted by Crippen LogP contribution is 2.44. The zero-order chi connectivity index (χ0) is 19.8. The van der Waals surface area contributed by atoms with E-state index in [1.165, 1.54) is 42.7 Å². The number of aromatic nitrogens is 1. The van der Waals surface area contributed by atoms with E-state index in [1.807, 2.05) is 0 Å². The van der Waals surface area contributed by atoms with Crippen molar-refractivity contribution in [1.29, 1.82) is 0 Å². The number of aryl methyl sites for hydroxylation is 2. The Balaban J connectivity index is 2.52. The van der Waals surface area contributed by atoms with Crippen molar-refractivity contribution < 1.29 is 31.1 Å². The molecule has 1 heterocycles. The number of nitrogens with one attached hydrogen (secondary N) is 2. The molecule has 1 aromatic heterocycles. The van der Waals surface area contributed by atoms with Gasteiger partial charge in [-0.25, -0.2) is 4.98 Å². The lowest BCUT2D eigenvalue weighted by atomic mass is 10.1. The molecule has 0 saturated heterocycles. The minimum Gasteiger partial charge on any atom is -0.324 e. The molecule has 0 aliphatic carbocycles. The van der Waals surface area contributed by atoms with Crippen LogP contribution in [-0.4, -0.2) is 28.9 Å². The molecule has 0 saturated carbocycles. The van der Waals surface area contributed by atoms with Gasteiger partial charge >= 0.3 is 18.0 Å². The van der Waals surface area contributed by atoms with E-state index in [0.29, 0.717) is 11.3 Å². The summed E-state index contributed by atoms with van der Waals surface area (Å²) in [6.45, 7) is 2.81. The summed E-state index contributed by atoms with van der Waals surface area (Å²) >= 11 is 0.561. The molecule has 2 aromatic rings. The lowest BCUT2D eigenvalue weighted by Crippen LogP contribution is -2.72. The van der Waals surface area contributed by atoms with Crippen LogP contribution in [0.2, 0.25) is 0 Å². The van der Waals surface area contributed by atoms with Crippen molar-refractivity contribution in [2.75, 3.05) is 5.32 Å². The Bertz CT molecular complexity index is 785. The highest BCUT2D eigenvalue weighted by molar-refractivity contribution is 7.13. The van der Waals surface area contributed by atoms with Crippen LogP contribution in [-0.2, 0) is 0 Å². The Morgan fingerprint density at radius 1 is 1.04 bits per heavy atom. The molecule has 0 fully saturated rings. The molecule has 0 aliphatic rings. The van der Waals surface area contributed by atoms with Crippen LogP contribution in [0, 0.1) is 13.8 Å². The summed E-state index contributed by atoms with van der Waals surface area (Å²) in [6.07, 6.45) is -11.8. The smallest absolute Gasteiger partial charge is 0.324 e. The number of hydrogen-bond acceptors (Lipinski definition) is 4. The van der Waals surface area contributed by atoms with E-state index in [-0.39, 0.29) is 16.8 Å². The maximum absolute atomic E-state index is 13.5. The fourth-order valence-corrected chi connectivity index (χ4v) is 2.86. The molecule has 0 unspecified atom stereocenters. The fraction of sp³-hybridized carbons (Fsp3) is 0.333. The number of halogens is 6. The summed E-state index contributed by atoms with van der Waals surface area (Å²) in [4.78, 5) is 15.8. The van der Waals surface area contributed by atoms with Gasteiger partial charge in [-0.15, -0.1) is 11.3 Å². The first-order valence-corrected chi connectivity index (χ1v) is 7.97. The molecule has 11 heteroatoms. The highest BCUT2D eigenvalue weighted by Gasteiger charge is 2.73. The molecule has 1 aromatic carbocycles. The van der Waals surface area contributed by atoms with E-state index < -0.39 is 29.1 Å². The Hall–Kier alpha value is -2.30. The molecule has 4 nitrogen and oxygen atoms in total. The van der Waals surface area contributed by atoms with Crippen LogP contribution in [0.4, 0.5) is 31.5 Å². The summed E-state index contributed by atoms with van der Waals surface area (Å²) in [5.74, 6) is -1.52. The average Bonchev–Trinajstić information content (AvgIpc) is 2.89. The number of thiazole rings is 1. The summed E-state index contributed by atoms with van der Waals surface area (Å²) < 4.78 is 81.1. The minimum absolute atomic E-state index is 0.230. The monoisotopic (exact) mass is 397 g/mol. The second-order valence-corrected chi connectivity index (χ2v) is 6.29. The normalized spacial score (nSPS) is 12.8. The highest BCUT2D eigenvalue weighted by atomic mass is 32.1. The molecule has 0 atom stereocenters. The molecule has 142 valence electrons. The molecule has 1 amide bonds. The van der Waals surface area contributed by atoms with E-state index in [0.717, 1.165) is 11.4 Å². The van der Waals surface area contributed by atoms with Crippen LogP contribution in [0.1, 0.15) is 21.6 Å². The Morgan fingerprint density at radius 3 is 2.08 bits per heavy atom. The molecule has 0 bridgehead atoms. The lowest BCUT2D eigenvalue weighted by molar-refractivity contribution is -0.294. The topological polar surface area (TPSA) is 54.0 Å². The predicted octanol–water partition coefficient (Wildman–Crippen LogP) is 4.42. The summed E-state index contributed by atoms with van der Waals surface area (Å²) in [5, 5.41) is 3.09. The summed E-state index contributed by atoms with van der Waals surface area (Å²) in [7, 11) is 0. The van der Waals surface area contributed by atoms with E-state index in [1.54, 1.807) is 0 Å². The first kappa shape index (κ1) is 20.0. The molecule has 0 aliphatic heterocycles. The SMILES string of the molecule is Cc1csc(NC(NC(=O)c2ccccc2C)(C(F)(F)F)C(F)(F)F)n1. The number of amides is 1. The van der Waals surface area contributed by atoms with Crippen molar-refractivity contribution in [3.05, 3.63) is 46.5 Å². The van der Waals surface area contributed by atoms with Gasteiger partial charge in [0.15, 0.2) is 5.13 Å². The van der Waals surface area contributed by atoms with Gasteiger partial charge in [0.2, 0.25) is 0 Å². The van der Waals surface area contributed by atoms with Gasteiger partial charge in [0.1, 0.15) is 0 Å². The second-order valence-electron chi connectivity index (χ2n) is 5.43. The Morgan fingerprint density at radius 2 is 1.62 bits per heavy atom. The van der Waals surface area contributed by atoms with Crippen molar-refractivity contribution in [3.8, 4) is 0 Å². The molecule has 0 spiro atoms. The molecule has 2 rings (SSSR count). The number of alkyl halides is 6. The van der Waals surface area contributed by atoms with Crippen molar-refractivity contribution in [1.82, 2.24) is 10.3 Å². The van der Waals surface area contributed by atoms with E-state index in [9.17, 15) is 31.1 Å². The van der Waals surface area contributed by atoms with Crippen LogP contribution in [0.3, 0.4) is 0 Å². The van der Waals surface area contributed by atoms with Crippen LogP contribution >= 0.6 is 11.3 Å². The van der Waals surface area contributed by atoms with Crippen molar-refractivity contribution in [3.63, 3.8) is 0 Å². The zero-order valence-electron chi connectivity index (χ0n) is 13.4. The van der Waals surface area contributed by atoms with Crippen molar-refractivity contribution >= 4 is 22.4 Å². The number of anilines is 1. The number of carbonyl (C=O) groups is 1. The van der Waals surface area contributed by atoms with Gasteiger partial charge in [-0.2, -0.15) is 26.3 Å². The average molecular weight is 397 g/mol. The molecule has 26 heavy (non-hydrogen) atoms.